The summed E-state index contributed by atoms with van der Waals surface area (Å²) in [6.45, 7) is 4.76. The molecule has 1 aromatic rings. The van der Waals surface area contributed by atoms with Crippen molar-refractivity contribution in [1.29, 1.82) is 0 Å². The third kappa shape index (κ3) is 2.79. The van der Waals surface area contributed by atoms with Crippen molar-refractivity contribution >= 4 is 18.2 Å². The molecule has 3 nitrogen and oxygen atoms in total. The van der Waals surface area contributed by atoms with Crippen molar-refractivity contribution in [3.63, 3.8) is 0 Å². The molecule has 4 rings (SSSR count). The molecule has 2 heterocycles. The van der Waals surface area contributed by atoms with Gasteiger partial charge in [-0.15, -0.1) is 12.4 Å². The van der Waals surface area contributed by atoms with Gasteiger partial charge in [0.15, 0.2) is 0 Å². The first kappa shape index (κ1) is 14.2. The van der Waals surface area contributed by atoms with Crippen molar-refractivity contribution in [2.75, 3.05) is 31.1 Å². The Labute approximate surface area is 127 Å². The van der Waals surface area contributed by atoms with Crippen LogP contribution in [0.25, 0.3) is 0 Å². The van der Waals surface area contributed by atoms with E-state index in [1.807, 2.05) is 0 Å². The van der Waals surface area contributed by atoms with Gasteiger partial charge in [-0.25, -0.2) is 4.98 Å². The molecular weight excluding hydrogens is 270 g/mol. The first-order chi connectivity index (χ1) is 9.40. The van der Waals surface area contributed by atoms with E-state index in [1.54, 1.807) is 0 Å². The summed E-state index contributed by atoms with van der Waals surface area (Å²) in [5, 5.41) is 0. The number of pyridine rings is 1. The Hall–Kier alpha value is -0.800. The van der Waals surface area contributed by atoms with Gasteiger partial charge in [-0.2, -0.15) is 0 Å². The zero-order valence-corrected chi connectivity index (χ0v) is 12.9. The van der Waals surface area contributed by atoms with E-state index < -0.39 is 0 Å². The first-order valence-electron chi connectivity index (χ1n) is 7.88. The summed E-state index contributed by atoms with van der Waals surface area (Å²) in [5.74, 6) is 1.22. The molecule has 1 saturated carbocycles. The molecule has 3 aliphatic rings. The van der Waals surface area contributed by atoms with Gasteiger partial charge in [0.2, 0.25) is 0 Å². The third-order valence-corrected chi connectivity index (χ3v) is 4.86. The Morgan fingerprint density at radius 2 is 1.70 bits per heavy atom. The van der Waals surface area contributed by atoms with Gasteiger partial charge in [-0.1, -0.05) is 6.07 Å². The van der Waals surface area contributed by atoms with Gasteiger partial charge < -0.3 is 4.90 Å². The maximum Gasteiger partial charge on any atom is 0.128 e. The zero-order valence-electron chi connectivity index (χ0n) is 12.1. The van der Waals surface area contributed by atoms with E-state index in [2.05, 4.69) is 21.9 Å². The fraction of sp³-hybridized carbons (Fsp3) is 0.688. The number of aryl methyl sites for hydroxylation is 2. The lowest BCUT2D eigenvalue weighted by molar-refractivity contribution is 0.247. The average molecular weight is 294 g/mol. The summed E-state index contributed by atoms with van der Waals surface area (Å²) < 4.78 is 0. The molecule has 0 aromatic carbocycles. The second-order valence-corrected chi connectivity index (χ2v) is 6.24. The smallest absolute Gasteiger partial charge is 0.128 e. The van der Waals surface area contributed by atoms with Crippen molar-refractivity contribution in [1.82, 2.24) is 9.88 Å². The molecule has 0 bridgehead atoms. The number of fused-ring (bicyclic) bond motifs is 1. The van der Waals surface area contributed by atoms with Crippen LogP contribution in [0.2, 0.25) is 0 Å². The largest absolute Gasteiger partial charge is 0.354 e. The number of rotatable bonds is 2. The highest BCUT2D eigenvalue weighted by Gasteiger charge is 2.31. The summed E-state index contributed by atoms with van der Waals surface area (Å²) in [6.07, 6.45) is 7.93. The standard InChI is InChI=1S/C16H23N3.ClH/c1-2-4-15-13(3-1)5-8-16(17-15)19-11-9-18(10-12-19)14-6-7-14;/h5,8,14H,1-4,6-7,9-12H2;1H. The van der Waals surface area contributed by atoms with Crippen LogP contribution in [0.3, 0.4) is 0 Å². The number of nitrogens with zero attached hydrogens (tertiary/aromatic N) is 3. The average Bonchev–Trinajstić information content (AvgIpc) is 3.32. The van der Waals surface area contributed by atoms with Gasteiger partial charge in [-0.05, 0) is 50.2 Å². The molecule has 1 saturated heterocycles. The molecular formula is C16H24ClN3. The van der Waals surface area contributed by atoms with Gasteiger partial charge >= 0.3 is 0 Å². The van der Waals surface area contributed by atoms with Crippen LogP contribution in [0.5, 0.6) is 0 Å². The van der Waals surface area contributed by atoms with Crippen LogP contribution in [0.15, 0.2) is 12.1 Å². The summed E-state index contributed by atoms with van der Waals surface area (Å²) >= 11 is 0. The van der Waals surface area contributed by atoms with Gasteiger partial charge in [0.25, 0.3) is 0 Å². The molecule has 4 heteroatoms. The predicted octanol–water partition coefficient (Wildman–Crippen LogP) is 2.67. The highest BCUT2D eigenvalue weighted by atomic mass is 35.5. The fourth-order valence-electron chi connectivity index (χ4n) is 3.50. The summed E-state index contributed by atoms with van der Waals surface area (Å²) in [6, 6.07) is 5.49. The second-order valence-electron chi connectivity index (χ2n) is 6.24. The number of hydrogen-bond donors (Lipinski definition) is 0. The lowest BCUT2D eigenvalue weighted by Gasteiger charge is -2.36. The van der Waals surface area contributed by atoms with Crippen molar-refractivity contribution in [2.45, 2.75) is 44.6 Å². The predicted molar refractivity (Wildman–Crippen MR) is 84.9 cm³/mol. The van der Waals surface area contributed by atoms with E-state index in [9.17, 15) is 0 Å². The molecule has 1 aliphatic heterocycles. The van der Waals surface area contributed by atoms with E-state index in [4.69, 9.17) is 4.98 Å². The Morgan fingerprint density at radius 1 is 0.950 bits per heavy atom. The molecule has 0 unspecified atom stereocenters. The highest BCUT2D eigenvalue weighted by molar-refractivity contribution is 5.85. The third-order valence-electron chi connectivity index (χ3n) is 4.86. The van der Waals surface area contributed by atoms with Crippen LogP contribution >= 0.6 is 12.4 Å². The van der Waals surface area contributed by atoms with E-state index in [0.717, 1.165) is 19.1 Å². The van der Waals surface area contributed by atoms with E-state index in [-0.39, 0.29) is 12.4 Å². The van der Waals surface area contributed by atoms with E-state index in [0.29, 0.717) is 0 Å². The number of aromatic nitrogens is 1. The Bertz CT molecular complexity index is 465. The van der Waals surface area contributed by atoms with E-state index in [1.165, 1.54) is 68.7 Å². The van der Waals surface area contributed by atoms with Crippen LogP contribution in [-0.2, 0) is 12.8 Å². The van der Waals surface area contributed by atoms with Crippen LogP contribution in [0.4, 0.5) is 5.82 Å². The SMILES string of the molecule is Cl.c1cc2c(nc1N1CCN(C3CC3)CC1)CCCC2. The first-order valence-corrected chi connectivity index (χ1v) is 7.88. The molecule has 0 N–H and O–H groups in total. The highest BCUT2D eigenvalue weighted by Crippen LogP contribution is 2.29. The lowest BCUT2D eigenvalue weighted by atomic mass is 9.96. The normalized spacial score (nSPS) is 23.1. The number of hydrogen-bond acceptors (Lipinski definition) is 3. The van der Waals surface area contributed by atoms with Crippen LogP contribution in [0, 0.1) is 0 Å². The molecule has 0 spiro atoms. The zero-order chi connectivity index (χ0) is 12.7. The molecule has 0 amide bonds. The maximum atomic E-state index is 4.93. The molecule has 20 heavy (non-hydrogen) atoms. The van der Waals surface area contributed by atoms with E-state index >= 15 is 0 Å². The Balaban J connectivity index is 0.00000121. The Morgan fingerprint density at radius 3 is 2.45 bits per heavy atom. The summed E-state index contributed by atoms with van der Waals surface area (Å²) in [5.41, 5.74) is 2.86. The number of anilines is 1. The van der Waals surface area contributed by atoms with Crippen molar-refractivity contribution in [3.8, 4) is 0 Å². The molecule has 2 aliphatic carbocycles. The lowest BCUT2D eigenvalue weighted by Crippen LogP contribution is -2.47. The monoisotopic (exact) mass is 293 g/mol. The molecule has 0 radical (unpaired) electrons. The topological polar surface area (TPSA) is 19.4 Å². The summed E-state index contributed by atoms with van der Waals surface area (Å²) in [4.78, 5) is 10.1. The Kier molecular flexibility index (Phi) is 4.18. The number of halogens is 1. The quantitative estimate of drug-likeness (QED) is 0.836. The summed E-state index contributed by atoms with van der Waals surface area (Å²) in [7, 11) is 0. The van der Waals surface area contributed by atoms with Gasteiger partial charge in [-0.3, -0.25) is 4.90 Å². The minimum Gasteiger partial charge on any atom is -0.354 e. The van der Waals surface area contributed by atoms with Gasteiger partial charge in [0.05, 0.1) is 0 Å². The number of piperazine rings is 1. The van der Waals surface area contributed by atoms with Crippen LogP contribution < -0.4 is 4.90 Å². The van der Waals surface area contributed by atoms with Gasteiger partial charge in [0.1, 0.15) is 5.82 Å². The molecule has 0 atom stereocenters. The maximum absolute atomic E-state index is 4.93. The van der Waals surface area contributed by atoms with Crippen molar-refractivity contribution < 1.29 is 0 Å². The minimum atomic E-state index is 0. The minimum absolute atomic E-state index is 0. The molecule has 1 aromatic heterocycles. The second kappa shape index (κ2) is 5.90. The van der Waals surface area contributed by atoms with Crippen LogP contribution in [0.1, 0.15) is 36.9 Å². The fourth-order valence-corrected chi connectivity index (χ4v) is 3.50. The molecule has 110 valence electrons. The van der Waals surface area contributed by atoms with Crippen molar-refractivity contribution in [2.24, 2.45) is 0 Å². The van der Waals surface area contributed by atoms with Crippen LogP contribution in [-0.4, -0.2) is 42.1 Å². The van der Waals surface area contributed by atoms with Gasteiger partial charge in [0, 0.05) is 37.9 Å². The van der Waals surface area contributed by atoms with Crippen molar-refractivity contribution in [3.05, 3.63) is 23.4 Å². The molecule has 2 fully saturated rings.